The maximum atomic E-state index is 5.26. The van der Waals surface area contributed by atoms with Crippen LogP contribution in [0, 0.1) is 5.92 Å². The van der Waals surface area contributed by atoms with Gasteiger partial charge in [0, 0.05) is 18.8 Å². The van der Waals surface area contributed by atoms with Crippen LogP contribution in [0.4, 0.5) is 0 Å². The summed E-state index contributed by atoms with van der Waals surface area (Å²) >= 11 is 0. The Labute approximate surface area is 101 Å². The van der Waals surface area contributed by atoms with Crippen LogP contribution in [0.15, 0.2) is 37.4 Å². The zero-order valence-electron chi connectivity index (χ0n) is 9.73. The van der Waals surface area contributed by atoms with Crippen LogP contribution in [-0.2, 0) is 0 Å². The second-order valence-corrected chi connectivity index (χ2v) is 4.64. The third-order valence-corrected chi connectivity index (χ3v) is 3.62. The number of fused-ring (bicyclic) bond motifs is 1. The molecule has 1 fully saturated rings. The molecule has 0 amide bonds. The van der Waals surface area contributed by atoms with Gasteiger partial charge in [0.15, 0.2) is 0 Å². The lowest BCUT2D eigenvalue weighted by molar-refractivity contribution is 0.230. The molecule has 1 saturated heterocycles. The summed E-state index contributed by atoms with van der Waals surface area (Å²) in [5.74, 6) is 1.60. The molecule has 0 bridgehead atoms. The SMILES string of the molecule is C=COc1cncc(C2=CCC3CNC3C2)c1. The molecule has 2 aliphatic rings. The molecule has 2 unspecified atom stereocenters. The quantitative estimate of drug-likeness (QED) is 0.806. The van der Waals surface area contributed by atoms with E-state index in [0.717, 1.165) is 23.7 Å². The monoisotopic (exact) mass is 228 g/mol. The molecule has 1 aromatic heterocycles. The summed E-state index contributed by atoms with van der Waals surface area (Å²) in [6.45, 7) is 4.73. The van der Waals surface area contributed by atoms with Crippen LogP contribution >= 0.6 is 0 Å². The van der Waals surface area contributed by atoms with Gasteiger partial charge < -0.3 is 10.1 Å². The molecule has 3 nitrogen and oxygen atoms in total. The molecule has 2 heterocycles. The van der Waals surface area contributed by atoms with Gasteiger partial charge in [-0.3, -0.25) is 4.98 Å². The molecule has 88 valence electrons. The van der Waals surface area contributed by atoms with Crippen molar-refractivity contribution < 1.29 is 4.74 Å². The van der Waals surface area contributed by atoms with Crippen molar-refractivity contribution >= 4 is 5.57 Å². The first kappa shape index (κ1) is 10.5. The molecular weight excluding hydrogens is 212 g/mol. The topological polar surface area (TPSA) is 34.1 Å². The first-order chi connectivity index (χ1) is 8.36. The fraction of sp³-hybridized carbons (Fsp3) is 0.357. The standard InChI is InChI=1S/C14H16N2O/c1-2-17-13-5-12(7-15-9-13)10-3-4-11-8-16-14(11)6-10/h2-3,5,7,9,11,14,16H,1,4,6,8H2. The molecule has 0 radical (unpaired) electrons. The Hall–Kier alpha value is -1.61. The second-order valence-electron chi connectivity index (χ2n) is 4.64. The minimum atomic E-state index is 0.666. The Kier molecular flexibility index (Phi) is 2.69. The lowest BCUT2D eigenvalue weighted by Gasteiger charge is -2.41. The Bertz CT molecular complexity index is 467. The van der Waals surface area contributed by atoms with Crippen LogP contribution in [0.3, 0.4) is 0 Å². The lowest BCUT2D eigenvalue weighted by atomic mass is 9.78. The van der Waals surface area contributed by atoms with E-state index in [1.165, 1.54) is 24.8 Å². The molecule has 1 aliphatic heterocycles. The number of hydrogen-bond donors (Lipinski definition) is 1. The highest BCUT2D eigenvalue weighted by atomic mass is 16.5. The highest BCUT2D eigenvalue weighted by Gasteiger charge is 2.32. The number of nitrogens with zero attached hydrogens (tertiary/aromatic N) is 1. The molecule has 1 aliphatic carbocycles. The largest absolute Gasteiger partial charge is 0.464 e. The van der Waals surface area contributed by atoms with Crippen LogP contribution in [0.2, 0.25) is 0 Å². The van der Waals surface area contributed by atoms with Gasteiger partial charge in [-0.15, -0.1) is 0 Å². The summed E-state index contributed by atoms with van der Waals surface area (Å²) < 4.78 is 5.26. The minimum absolute atomic E-state index is 0.666. The van der Waals surface area contributed by atoms with Gasteiger partial charge in [0.05, 0.1) is 12.5 Å². The average molecular weight is 228 g/mol. The van der Waals surface area contributed by atoms with Crippen molar-refractivity contribution in [2.75, 3.05) is 6.54 Å². The van der Waals surface area contributed by atoms with Crippen LogP contribution in [0.25, 0.3) is 5.57 Å². The maximum Gasteiger partial charge on any atom is 0.145 e. The van der Waals surface area contributed by atoms with Crippen molar-refractivity contribution in [2.45, 2.75) is 18.9 Å². The van der Waals surface area contributed by atoms with Crippen LogP contribution < -0.4 is 10.1 Å². The zero-order valence-corrected chi connectivity index (χ0v) is 9.73. The summed E-state index contributed by atoms with van der Waals surface area (Å²) in [7, 11) is 0. The van der Waals surface area contributed by atoms with Crippen LogP contribution in [-0.4, -0.2) is 17.6 Å². The van der Waals surface area contributed by atoms with Crippen LogP contribution in [0.5, 0.6) is 5.75 Å². The molecular formula is C14H16N2O. The van der Waals surface area contributed by atoms with Gasteiger partial charge in [0.2, 0.25) is 0 Å². The Morgan fingerprint density at radius 3 is 3.12 bits per heavy atom. The smallest absolute Gasteiger partial charge is 0.145 e. The van der Waals surface area contributed by atoms with Crippen molar-refractivity contribution in [3.05, 3.63) is 42.9 Å². The van der Waals surface area contributed by atoms with E-state index in [0.29, 0.717) is 6.04 Å². The van der Waals surface area contributed by atoms with Gasteiger partial charge in [-0.2, -0.15) is 0 Å². The Morgan fingerprint density at radius 2 is 2.41 bits per heavy atom. The van der Waals surface area contributed by atoms with Crippen molar-refractivity contribution in [3.8, 4) is 5.75 Å². The third-order valence-electron chi connectivity index (χ3n) is 3.62. The van der Waals surface area contributed by atoms with E-state index < -0.39 is 0 Å². The van der Waals surface area contributed by atoms with Crippen molar-refractivity contribution in [1.82, 2.24) is 10.3 Å². The first-order valence-electron chi connectivity index (χ1n) is 6.02. The molecule has 3 rings (SSSR count). The predicted octanol–water partition coefficient (Wildman–Crippen LogP) is 2.37. The molecule has 0 saturated carbocycles. The average Bonchev–Trinajstić information content (AvgIpc) is 2.32. The van der Waals surface area contributed by atoms with Crippen LogP contribution in [0.1, 0.15) is 18.4 Å². The van der Waals surface area contributed by atoms with E-state index in [9.17, 15) is 0 Å². The predicted molar refractivity (Wildman–Crippen MR) is 67.6 cm³/mol. The number of allylic oxidation sites excluding steroid dienone is 1. The second kappa shape index (κ2) is 4.34. The number of ether oxygens (including phenoxy) is 1. The van der Waals surface area contributed by atoms with E-state index in [2.05, 4.69) is 23.0 Å². The van der Waals surface area contributed by atoms with Gasteiger partial charge in [-0.25, -0.2) is 0 Å². The number of aromatic nitrogens is 1. The van der Waals surface area contributed by atoms with Gasteiger partial charge in [0.1, 0.15) is 5.75 Å². The molecule has 1 aromatic rings. The Balaban J connectivity index is 1.83. The number of nitrogens with one attached hydrogen (secondary N) is 1. The van der Waals surface area contributed by atoms with E-state index in [1.54, 1.807) is 6.20 Å². The van der Waals surface area contributed by atoms with Crippen molar-refractivity contribution in [1.29, 1.82) is 0 Å². The highest BCUT2D eigenvalue weighted by Crippen LogP contribution is 2.34. The molecule has 17 heavy (non-hydrogen) atoms. The minimum Gasteiger partial charge on any atom is -0.464 e. The molecule has 1 N–H and O–H groups in total. The molecule has 3 heteroatoms. The number of rotatable bonds is 3. The van der Waals surface area contributed by atoms with Crippen molar-refractivity contribution in [3.63, 3.8) is 0 Å². The number of hydrogen-bond acceptors (Lipinski definition) is 3. The summed E-state index contributed by atoms with van der Waals surface area (Å²) in [6, 6.07) is 2.69. The van der Waals surface area contributed by atoms with E-state index >= 15 is 0 Å². The maximum absolute atomic E-state index is 5.26. The summed E-state index contributed by atoms with van der Waals surface area (Å²) in [4.78, 5) is 4.21. The lowest BCUT2D eigenvalue weighted by Crippen LogP contribution is -2.53. The fourth-order valence-corrected chi connectivity index (χ4v) is 2.54. The van der Waals surface area contributed by atoms with E-state index in [4.69, 9.17) is 4.74 Å². The first-order valence-corrected chi connectivity index (χ1v) is 6.02. The number of pyridine rings is 1. The van der Waals surface area contributed by atoms with Crippen molar-refractivity contribution in [2.24, 2.45) is 5.92 Å². The molecule has 2 atom stereocenters. The zero-order chi connectivity index (χ0) is 11.7. The van der Waals surface area contributed by atoms with Gasteiger partial charge in [0.25, 0.3) is 0 Å². The van der Waals surface area contributed by atoms with E-state index in [-0.39, 0.29) is 0 Å². The highest BCUT2D eigenvalue weighted by molar-refractivity contribution is 5.67. The normalized spacial score (nSPS) is 26.5. The van der Waals surface area contributed by atoms with Gasteiger partial charge in [-0.05, 0) is 36.0 Å². The summed E-state index contributed by atoms with van der Waals surface area (Å²) in [6.07, 6.45) is 9.67. The Morgan fingerprint density at radius 1 is 1.47 bits per heavy atom. The fourth-order valence-electron chi connectivity index (χ4n) is 2.54. The summed E-state index contributed by atoms with van der Waals surface area (Å²) in [5.41, 5.74) is 2.54. The summed E-state index contributed by atoms with van der Waals surface area (Å²) in [5, 5.41) is 3.48. The molecule has 0 spiro atoms. The van der Waals surface area contributed by atoms with E-state index in [1.807, 2.05) is 12.3 Å². The van der Waals surface area contributed by atoms with Gasteiger partial charge >= 0.3 is 0 Å². The van der Waals surface area contributed by atoms with Gasteiger partial charge in [-0.1, -0.05) is 12.7 Å². The third kappa shape index (κ3) is 1.98. The molecule has 0 aromatic carbocycles.